The quantitative estimate of drug-likeness (QED) is 0.505. The molecule has 0 aliphatic heterocycles. The SMILES string of the molecule is COC(C)=C(C#N)c1nc2cc(S(=O)(=O)OC(N)=O)ccc2s1. The Kier molecular flexibility index (Phi) is 4.53. The number of benzene rings is 1. The Bertz CT molecular complexity index is 954. The molecule has 0 bridgehead atoms. The number of rotatable bonds is 4. The fraction of sp³-hybridized carbons (Fsp3) is 0.154. The number of thiazole rings is 1. The maximum atomic E-state index is 11.8. The molecule has 1 heterocycles. The standard InChI is InChI=1S/C13H11N3O5S2/c1-7(20-2)9(6-14)12-16-10-5-8(3-4-11(10)22-12)23(18,19)21-13(15)17/h3-5H,1-2H3,(H2,15,17). The van der Waals surface area contributed by atoms with Crippen molar-refractivity contribution in [2.75, 3.05) is 7.11 Å². The van der Waals surface area contributed by atoms with Crippen molar-refractivity contribution in [1.29, 1.82) is 5.26 Å². The zero-order valence-electron chi connectivity index (χ0n) is 12.1. The Balaban J connectivity index is 2.55. The number of primary amides is 1. The molecule has 0 unspecified atom stereocenters. The monoisotopic (exact) mass is 353 g/mol. The Hall–Kier alpha value is -2.64. The van der Waals surface area contributed by atoms with E-state index < -0.39 is 16.2 Å². The second kappa shape index (κ2) is 6.23. The predicted octanol–water partition coefficient (Wildman–Crippen LogP) is 1.98. The first-order valence-corrected chi connectivity index (χ1v) is 8.31. The van der Waals surface area contributed by atoms with Gasteiger partial charge in [0, 0.05) is 0 Å². The summed E-state index contributed by atoms with van der Waals surface area (Å²) in [4.78, 5) is 14.6. The smallest absolute Gasteiger partial charge is 0.420 e. The molecule has 0 spiro atoms. The van der Waals surface area contributed by atoms with E-state index in [1.165, 1.54) is 36.6 Å². The number of methoxy groups -OCH3 is 1. The number of nitrogens with two attached hydrogens (primary N) is 1. The first-order chi connectivity index (χ1) is 10.8. The van der Waals surface area contributed by atoms with Crippen molar-refractivity contribution >= 4 is 43.3 Å². The van der Waals surface area contributed by atoms with Crippen LogP contribution in [0.15, 0.2) is 28.9 Å². The molecule has 0 aliphatic carbocycles. The molecule has 2 aromatic rings. The number of aromatic nitrogens is 1. The van der Waals surface area contributed by atoms with E-state index in [0.717, 1.165) is 0 Å². The maximum absolute atomic E-state index is 11.8. The summed E-state index contributed by atoms with van der Waals surface area (Å²) in [5.41, 5.74) is 5.33. The van der Waals surface area contributed by atoms with E-state index in [1.54, 1.807) is 6.92 Å². The number of ether oxygens (including phenoxy) is 1. The van der Waals surface area contributed by atoms with Gasteiger partial charge >= 0.3 is 16.2 Å². The van der Waals surface area contributed by atoms with Gasteiger partial charge in [-0.1, -0.05) is 0 Å². The van der Waals surface area contributed by atoms with Crippen molar-refractivity contribution in [2.45, 2.75) is 11.8 Å². The van der Waals surface area contributed by atoms with Crippen LogP contribution >= 0.6 is 11.3 Å². The summed E-state index contributed by atoms with van der Waals surface area (Å²) < 4.78 is 33.4. The van der Waals surface area contributed by atoms with Gasteiger partial charge in [0.05, 0.1) is 17.3 Å². The van der Waals surface area contributed by atoms with Crippen LogP contribution < -0.4 is 5.73 Å². The molecule has 0 saturated heterocycles. The Labute approximate surface area is 135 Å². The molecule has 0 saturated carbocycles. The molecule has 0 fully saturated rings. The molecule has 1 aromatic heterocycles. The van der Waals surface area contributed by atoms with Gasteiger partial charge in [-0.05, 0) is 25.1 Å². The van der Waals surface area contributed by atoms with Gasteiger partial charge in [-0.2, -0.15) is 13.7 Å². The van der Waals surface area contributed by atoms with Crippen LogP contribution in [0, 0.1) is 11.3 Å². The van der Waals surface area contributed by atoms with Gasteiger partial charge in [-0.25, -0.2) is 9.78 Å². The largest absolute Gasteiger partial charge is 0.500 e. The van der Waals surface area contributed by atoms with Gasteiger partial charge in [-0.15, -0.1) is 11.3 Å². The average Bonchev–Trinajstić information content (AvgIpc) is 2.88. The van der Waals surface area contributed by atoms with E-state index in [-0.39, 0.29) is 10.5 Å². The summed E-state index contributed by atoms with van der Waals surface area (Å²) in [5.74, 6) is 0.400. The Morgan fingerprint density at radius 1 is 1.43 bits per heavy atom. The number of allylic oxidation sites excluding steroid dienone is 2. The molecule has 2 rings (SSSR count). The number of hydrogen-bond acceptors (Lipinski definition) is 8. The Morgan fingerprint density at radius 3 is 2.70 bits per heavy atom. The highest BCUT2D eigenvalue weighted by molar-refractivity contribution is 7.87. The zero-order chi connectivity index (χ0) is 17.2. The molecule has 0 radical (unpaired) electrons. The number of carbonyl (C=O) groups is 1. The minimum Gasteiger partial charge on any atom is -0.500 e. The predicted molar refractivity (Wildman–Crippen MR) is 82.7 cm³/mol. The van der Waals surface area contributed by atoms with Crippen LogP contribution in [0.2, 0.25) is 0 Å². The first-order valence-electron chi connectivity index (χ1n) is 6.08. The van der Waals surface area contributed by atoms with E-state index in [1.807, 2.05) is 6.07 Å². The highest BCUT2D eigenvalue weighted by Gasteiger charge is 2.20. The zero-order valence-corrected chi connectivity index (χ0v) is 13.7. The van der Waals surface area contributed by atoms with Crippen molar-refractivity contribution in [3.05, 3.63) is 29.0 Å². The summed E-state index contributed by atoms with van der Waals surface area (Å²) >= 11 is 1.21. The molecule has 2 N–H and O–H groups in total. The van der Waals surface area contributed by atoms with E-state index in [4.69, 9.17) is 10.5 Å². The maximum Gasteiger partial charge on any atom is 0.420 e. The highest BCUT2D eigenvalue weighted by atomic mass is 32.2. The van der Waals surface area contributed by atoms with E-state index in [9.17, 15) is 18.5 Å². The summed E-state index contributed by atoms with van der Waals surface area (Å²) in [7, 11) is -2.86. The summed E-state index contributed by atoms with van der Waals surface area (Å²) in [5, 5.41) is 9.60. The Morgan fingerprint density at radius 2 is 2.13 bits per heavy atom. The highest BCUT2D eigenvalue weighted by Crippen LogP contribution is 2.30. The van der Waals surface area contributed by atoms with Crippen LogP contribution in [-0.2, 0) is 19.0 Å². The molecule has 1 aromatic carbocycles. The second-order valence-electron chi connectivity index (χ2n) is 4.25. The molecule has 8 nitrogen and oxygen atoms in total. The van der Waals surface area contributed by atoms with Crippen molar-refractivity contribution in [2.24, 2.45) is 5.73 Å². The number of nitrogens with zero attached hydrogens (tertiary/aromatic N) is 2. The number of amides is 1. The third-order valence-corrected chi connectivity index (χ3v) is 5.09. The lowest BCUT2D eigenvalue weighted by Gasteiger charge is -2.02. The molecule has 10 heteroatoms. The average molecular weight is 353 g/mol. The number of carbonyl (C=O) groups excluding carboxylic acids is 1. The number of hydrogen-bond donors (Lipinski definition) is 1. The lowest BCUT2D eigenvalue weighted by Crippen LogP contribution is -2.18. The lowest BCUT2D eigenvalue weighted by atomic mass is 10.2. The second-order valence-corrected chi connectivity index (χ2v) is 6.83. The molecular formula is C13H11N3O5S2. The van der Waals surface area contributed by atoms with Crippen LogP contribution in [0.5, 0.6) is 0 Å². The van der Waals surface area contributed by atoms with E-state index in [2.05, 4.69) is 9.17 Å². The van der Waals surface area contributed by atoms with Crippen LogP contribution in [0.3, 0.4) is 0 Å². The lowest BCUT2D eigenvalue weighted by molar-refractivity contribution is 0.212. The van der Waals surface area contributed by atoms with E-state index in [0.29, 0.717) is 21.0 Å². The van der Waals surface area contributed by atoms with Gasteiger partial charge in [0.2, 0.25) is 0 Å². The van der Waals surface area contributed by atoms with E-state index >= 15 is 0 Å². The van der Waals surface area contributed by atoms with Crippen molar-refractivity contribution in [3.63, 3.8) is 0 Å². The van der Waals surface area contributed by atoms with Crippen molar-refractivity contribution < 1.29 is 22.1 Å². The number of fused-ring (bicyclic) bond motifs is 1. The van der Waals surface area contributed by atoms with Gasteiger partial charge in [0.25, 0.3) is 0 Å². The first kappa shape index (κ1) is 16.7. The topological polar surface area (TPSA) is 132 Å². The third-order valence-electron chi connectivity index (χ3n) is 2.82. The minimum atomic E-state index is -4.30. The normalized spacial score (nSPS) is 12.4. The van der Waals surface area contributed by atoms with Crippen LogP contribution in [0.4, 0.5) is 4.79 Å². The van der Waals surface area contributed by atoms with Crippen LogP contribution in [-0.4, -0.2) is 26.6 Å². The van der Waals surface area contributed by atoms with Crippen LogP contribution in [0.25, 0.3) is 15.8 Å². The summed E-state index contributed by atoms with van der Waals surface area (Å²) in [6, 6.07) is 6.01. The summed E-state index contributed by atoms with van der Waals surface area (Å²) in [6.07, 6.45) is -1.42. The van der Waals surface area contributed by atoms with Gasteiger partial charge in [-0.3, -0.25) is 0 Å². The molecular weight excluding hydrogens is 342 g/mol. The van der Waals surface area contributed by atoms with Crippen molar-refractivity contribution in [1.82, 2.24) is 4.98 Å². The fourth-order valence-electron chi connectivity index (χ4n) is 1.71. The third kappa shape index (κ3) is 3.41. The molecule has 0 aliphatic rings. The molecule has 23 heavy (non-hydrogen) atoms. The fourth-order valence-corrected chi connectivity index (χ4v) is 3.50. The van der Waals surface area contributed by atoms with Gasteiger partial charge in [0.1, 0.15) is 27.3 Å². The van der Waals surface area contributed by atoms with Gasteiger partial charge in [0.15, 0.2) is 0 Å². The molecule has 1 amide bonds. The van der Waals surface area contributed by atoms with Crippen molar-refractivity contribution in [3.8, 4) is 6.07 Å². The van der Waals surface area contributed by atoms with Crippen LogP contribution in [0.1, 0.15) is 11.9 Å². The molecule has 0 atom stereocenters. The van der Waals surface area contributed by atoms with Gasteiger partial charge < -0.3 is 14.7 Å². The summed E-state index contributed by atoms with van der Waals surface area (Å²) in [6.45, 7) is 1.63. The molecule has 120 valence electrons. The minimum absolute atomic E-state index is 0.256. The number of nitriles is 1.